The highest BCUT2D eigenvalue weighted by Gasteiger charge is 2.39. The molecule has 0 saturated heterocycles. The highest BCUT2D eigenvalue weighted by atomic mass is 16.3. The normalized spacial score (nSPS) is 14.4. The van der Waals surface area contributed by atoms with E-state index in [9.17, 15) is 0 Å². The second kappa shape index (κ2) is 11.9. The van der Waals surface area contributed by atoms with Crippen LogP contribution in [0.15, 0.2) is 180 Å². The van der Waals surface area contributed by atoms with E-state index in [1.54, 1.807) is 0 Å². The van der Waals surface area contributed by atoms with Gasteiger partial charge in [0, 0.05) is 44.2 Å². The molecular weight excluding hydrogens is 679 g/mol. The molecule has 0 spiro atoms. The summed E-state index contributed by atoms with van der Waals surface area (Å²) in [5, 5.41) is 2.28. The molecule has 0 unspecified atom stereocenters. The quantitative estimate of drug-likeness (QED) is 0.176. The van der Waals surface area contributed by atoms with E-state index in [-0.39, 0.29) is 10.8 Å². The molecule has 268 valence electrons. The SMILES string of the molecule is CC1(C)c2ccccc2-c2ccc(N(c3ccc(-c4ccc(-c5ccccc5)cc4)cc3)c3ccc4oc5c6c(ccc5c4c3)-c3ccccc3C6(C)C)cc21. The minimum absolute atomic E-state index is 0.112. The summed E-state index contributed by atoms with van der Waals surface area (Å²) in [4.78, 5) is 2.41. The van der Waals surface area contributed by atoms with Crippen molar-refractivity contribution in [1.29, 1.82) is 0 Å². The summed E-state index contributed by atoms with van der Waals surface area (Å²) < 4.78 is 6.81. The molecule has 0 saturated carbocycles. The summed E-state index contributed by atoms with van der Waals surface area (Å²) in [7, 11) is 0. The molecule has 0 atom stereocenters. The van der Waals surface area contributed by atoms with E-state index in [4.69, 9.17) is 4.42 Å². The van der Waals surface area contributed by atoms with Crippen LogP contribution in [0.5, 0.6) is 0 Å². The van der Waals surface area contributed by atoms with Crippen LogP contribution in [-0.4, -0.2) is 0 Å². The van der Waals surface area contributed by atoms with E-state index >= 15 is 0 Å². The van der Waals surface area contributed by atoms with E-state index in [0.29, 0.717) is 0 Å². The van der Waals surface area contributed by atoms with Crippen LogP contribution in [0.25, 0.3) is 66.4 Å². The van der Waals surface area contributed by atoms with Crippen molar-refractivity contribution in [1.82, 2.24) is 0 Å². The van der Waals surface area contributed by atoms with Gasteiger partial charge in [-0.2, -0.15) is 0 Å². The Labute approximate surface area is 328 Å². The van der Waals surface area contributed by atoms with E-state index in [1.165, 1.54) is 66.8 Å². The molecule has 2 nitrogen and oxygen atoms in total. The second-order valence-electron chi connectivity index (χ2n) is 16.5. The standard InChI is InChI=1S/C54H41NO/c1-53(2)47-16-10-8-14-41(47)43-28-26-40(33-49(43)53)55(38-24-22-37(23-25-38)36-20-18-35(19-21-36)34-12-6-5-7-13-34)39-27-31-50-46(32-39)45-30-29-44-42-15-9-11-17-48(42)54(3,4)51(44)52(45)56-50/h5-33H,1-4H3. The molecule has 0 radical (unpaired) electrons. The molecule has 0 N–H and O–H groups in total. The minimum Gasteiger partial charge on any atom is -0.456 e. The van der Waals surface area contributed by atoms with Crippen molar-refractivity contribution in [2.24, 2.45) is 0 Å². The largest absolute Gasteiger partial charge is 0.456 e. The van der Waals surface area contributed by atoms with Crippen molar-refractivity contribution in [2.75, 3.05) is 4.90 Å². The number of hydrogen-bond acceptors (Lipinski definition) is 2. The van der Waals surface area contributed by atoms with Gasteiger partial charge in [-0.3, -0.25) is 0 Å². The average Bonchev–Trinajstić information content (AvgIpc) is 3.81. The Hall–Kier alpha value is -6.64. The Morgan fingerprint density at radius 1 is 0.375 bits per heavy atom. The summed E-state index contributed by atoms with van der Waals surface area (Å²) in [5.41, 5.74) is 20.4. The van der Waals surface area contributed by atoms with Gasteiger partial charge in [0.2, 0.25) is 0 Å². The molecule has 0 fully saturated rings. The van der Waals surface area contributed by atoms with Gasteiger partial charge in [0.25, 0.3) is 0 Å². The van der Waals surface area contributed by atoms with Gasteiger partial charge in [-0.1, -0.05) is 155 Å². The summed E-state index contributed by atoms with van der Waals surface area (Å²) in [5.74, 6) is 0. The van der Waals surface area contributed by atoms with Crippen molar-refractivity contribution >= 4 is 39.0 Å². The van der Waals surface area contributed by atoms with Crippen molar-refractivity contribution in [3.63, 3.8) is 0 Å². The molecule has 56 heavy (non-hydrogen) atoms. The summed E-state index contributed by atoms with van der Waals surface area (Å²) in [6.45, 7) is 9.36. The Bertz CT molecular complexity index is 3000. The number of anilines is 3. The molecule has 0 bridgehead atoms. The first kappa shape index (κ1) is 32.8. The van der Waals surface area contributed by atoms with Crippen LogP contribution in [0.1, 0.15) is 49.9 Å². The summed E-state index contributed by atoms with van der Waals surface area (Å²) in [6, 6.07) is 64.4. The van der Waals surface area contributed by atoms with Crippen LogP contribution in [0, 0.1) is 0 Å². The van der Waals surface area contributed by atoms with Crippen LogP contribution in [0.4, 0.5) is 17.1 Å². The van der Waals surface area contributed by atoms with E-state index in [2.05, 4.69) is 209 Å². The summed E-state index contributed by atoms with van der Waals surface area (Å²) >= 11 is 0. The second-order valence-corrected chi connectivity index (χ2v) is 16.5. The van der Waals surface area contributed by atoms with Crippen LogP contribution >= 0.6 is 0 Å². The topological polar surface area (TPSA) is 16.4 Å². The van der Waals surface area contributed by atoms with Gasteiger partial charge in [-0.05, 0) is 110 Å². The van der Waals surface area contributed by atoms with Crippen molar-refractivity contribution in [2.45, 2.75) is 38.5 Å². The first-order valence-electron chi connectivity index (χ1n) is 19.7. The molecule has 0 aliphatic heterocycles. The van der Waals surface area contributed by atoms with Gasteiger partial charge in [0.15, 0.2) is 0 Å². The van der Waals surface area contributed by atoms with E-state index < -0.39 is 0 Å². The predicted octanol–water partition coefficient (Wildman–Crippen LogP) is 15.0. The van der Waals surface area contributed by atoms with Gasteiger partial charge >= 0.3 is 0 Å². The number of furan rings is 1. The Morgan fingerprint density at radius 2 is 0.875 bits per heavy atom. The third kappa shape index (κ3) is 4.75. The predicted molar refractivity (Wildman–Crippen MR) is 234 cm³/mol. The van der Waals surface area contributed by atoms with Crippen molar-refractivity contribution in [3.05, 3.63) is 198 Å². The zero-order valence-corrected chi connectivity index (χ0v) is 32.1. The fraction of sp³-hybridized carbons (Fsp3) is 0.111. The number of benzene rings is 8. The van der Waals surface area contributed by atoms with Crippen LogP contribution < -0.4 is 4.90 Å². The number of fused-ring (bicyclic) bond motifs is 10. The van der Waals surface area contributed by atoms with E-state index in [1.807, 2.05) is 0 Å². The first-order valence-corrected chi connectivity index (χ1v) is 19.7. The lowest BCUT2D eigenvalue weighted by molar-refractivity contribution is 0.620. The van der Waals surface area contributed by atoms with E-state index in [0.717, 1.165) is 39.0 Å². The molecule has 2 aliphatic rings. The number of rotatable bonds is 5. The van der Waals surface area contributed by atoms with Gasteiger partial charge in [-0.15, -0.1) is 0 Å². The Balaban J connectivity index is 1.05. The fourth-order valence-corrected chi connectivity index (χ4v) is 9.78. The molecule has 1 heterocycles. The van der Waals surface area contributed by atoms with Gasteiger partial charge < -0.3 is 9.32 Å². The van der Waals surface area contributed by atoms with Crippen LogP contribution in [0.3, 0.4) is 0 Å². The smallest absolute Gasteiger partial charge is 0.140 e. The van der Waals surface area contributed by atoms with Gasteiger partial charge in [0.05, 0.1) is 0 Å². The molecule has 11 rings (SSSR count). The zero-order valence-electron chi connectivity index (χ0n) is 32.1. The molecule has 0 amide bonds. The lowest BCUT2D eigenvalue weighted by Gasteiger charge is -2.28. The minimum atomic E-state index is -0.160. The first-order chi connectivity index (χ1) is 27.3. The van der Waals surface area contributed by atoms with Gasteiger partial charge in [0.1, 0.15) is 11.2 Å². The molecule has 2 heteroatoms. The highest BCUT2D eigenvalue weighted by Crippen LogP contribution is 2.54. The van der Waals surface area contributed by atoms with Crippen molar-refractivity contribution < 1.29 is 4.42 Å². The van der Waals surface area contributed by atoms with Gasteiger partial charge in [-0.25, -0.2) is 0 Å². The zero-order chi connectivity index (χ0) is 37.8. The third-order valence-corrected chi connectivity index (χ3v) is 12.7. The highest BCUT2D eigenvalue weighted by molar-refractivity contribution is 6.10. The maximum Gasteiger partial charge on any atom is 0.140 e. The lowest BCUT2D eigenvalue weighted by Crippen LogP contribution is -2.16. The van der Waals surface area contributed by atoms with Crippen LogP contribution in [-0.2, 0) is 10.8 Å². The number of nitrogens with zero attached hydrogens (tertiary/aromatic N) is 1. The monoisotopic (exact) mass is 719 g/mol. The van der Waals surface area contributed by atoms with Crippen molar-refractivity contribution in [3.8, 4) is 44.5 Å². The molecule has 2 aliphatic carbocycles. The Kier molecular flexibility index (Phi) is 6.98. The molecule has 9 aromatic rings. The maximum absolute atomic E-state index is 6.81. The maximum atomic E-state index is 6.81. The Morgan fingerprint density at radius 3 is 1.57 bits per heavy atom. The third-order valence-electron chi connectivity index (χ3n) is 12.7. The molecular formula is C54H41NO. The lowest BCUT2D eigenvalue weighted by atomic mass is 9.82. The molecule has 8 aromatic carbocycles. The summed E-state index contributed by atoms with van der Waals surface area (Å²) in [6.07, 6.45) is 0. The average molecular weight is 720 g/mol. The fourth-order valence-electron chi connectivity index (χ4n) is 9.78. The van der Waals surface area contributed by atoms with Crippen LogP contribution in [0.2, 0.25) is 0 Å². The number of hydrogen-bond donors (Lipinski definition) is 0. The molecule has 1 aromatic heterocycles.